The summed E-state index contributed by atoms with van der Waals surface area (Å²) >= 11 is 2.08. The second-order valence-electron chi connectivity index (χ2n) is 5.28. The van der Waals surface area contributed by atoms with E-state index in [1.165, 1.54) is 30.0 Å². The summed E-state index contributed by atoms with van der Waals surface area (Å²) < 4.78 is 2.23. The number of aliphatic hydroxyl groups is 1. The van der Waals surface area contributed by atoms with E-state index in [0.29, 0.717) is 0 Å². The molecule has 2 unspecified atom stereocenters. The van der Waals surface area contributed by atoms with Crippen molar-refractivity contribution in [1.29, 1.82) is 0 Å². The number of imidazole rings is 1. The minimum atomic E-state index is -0.178. The van der Waals surface area contributed by atoms with E-state index < -0.39 is 0 Å². The lowest BCUT2D eigenvalue weighted by Gasteiger charge is -2.19. The Morgan fingerprint density at radius 2 is 2.41 bits per heavy atom. The first-order chi connectivity index (χ1) is 8.31. The maximum Gasteiger partial charge on any atom is 0.111 e. The van der Waals surface area contributed by atoms with Crippen LogP contribution < -0.4 is 0 Å². The van der Waals surface area contributed by atoms with Gasteiger partial charge in [-0.05, 0) is 43.1 Å². The van der Waals surface area contributed by atoms with Gasteiger partial charge in [0.05, 0.1) is 11.8 Å². The van der Waals surface area contributed by atoms with Crippen LogP contribution in [0, 0.1) is 5.92 Å². The van der Waals surface area contributed by atoms with E-state index in [4.69, 9.17) is 0 Å². The summed E-state index contributed by atoms with van der Waals surface area (Å²) in [4.78, 5) is 4.69. The van der Waals surface area contributed by atoms with E-state index in [2.05, 4.69) is 27.5 Å². The standard InChI is InChI=1S/C13H20N2OS/c16-12-3-4-15-8-11(14-13(15)7-12)6-10-2-1-5-17-9-10/h8,10,12,16H,1-7,9H2. The van der Waals surface area contributed by atoms with E-state index in [0.717, 1.165) is 37.5 Å². The van der Waals surface area contributed by atoms with Gasteiger partial charge in [-0.1, -0.05) is 0 Å². The van der Waals surface area contributed by atoms with Crippen LogP contribution in [0.2, 0.25) is 0 Å². The number of aromatic nitrogens is 2. The van der Waals surface area contributed by atoms with Crippen LogP contribution >= 0.6 is 11.8 Å². The van der Waals surface area contributed by atoms with Crippen molar-refractivity contribution in [2.75, 3.05) is 11.5 Å². The van der Waals surface area contributed by atoms with E-state index >= 15 is 0 Å². The highest BCUT2D eigenvalue weighted by Crippen LogP contribution is 2.26. The molecule has 94 valence electrons. The Hall–Kier alpha value is -0.480. The normalized spacial score (nSPS) is 29.0. The van der Waals surface area contributed by atoms with Crippen molar-refractivity contribution in [3.8, 4) is 0 Å². The predicted octanol–water partition coefficient (Wildman–Crippen LogP) is 1.88. The Morgan fingerprint density at radius 3 is 3.24 bits per heavy atom. The number of aryl methyl sites for hydroxylation is 1. The molecule has 0 aromatic carbocycles. The molecule has 4 heteroatoms. The second-order valence-corrected chi connectivity index (χ2v) is 6.43. The van der Waals surface area contributed by atoms with Gasteiger partial charge in [-0.2, -0.15) is 11.8 Å². The Kier molecular flexibility index (Phi) is 3.43. The summed E-state index contributed by atoms with van der Waals surface area (Å²) in [5.74, 6) is 4.53. The lowest BCUT2D eigenvalue weighted by Crippen LogP contribution is -2.22. The van der Waals surface area contributed by atoms with Crippen LogP contribution in [-0.4, -0.2) is 32.3 Å². The average Bonchev–Trinajstić information content (AvgIpc) is 2.71. The number of fused-ring (bicyclic) bond motifs is 1. The molecule has 3 nitrogen and oxygen atoms in total. The van der Waals surface area contributed by atoms with Gasteiger partial charge < -0.3 is 9.67 Å². The predicted molar refractivity (Wildman–Crippen MR) is 70.3 cm³/mol. The number of hydrogen-bond acceptors (Lipinski definition) is 3. The van der Waals surface area contributed by atoms with Gasteiger partial charge >= 0.3 is 0 Å². The van der Waals surface area contributed by atoms with Crippen LogP contribution in [0.5, 0.6) is 0 Å². The highest BCUT2D eigenvalue weighted by Gasteiger charge is 2.21. The van der Waals surface area contributed by atoms with Gasteiger partial charge in [0.2, 0.25) is 0 Å². The fraction of sp³-hybridized carbons (Fsp3) is 0.769. The first kappa shape index (κ1) is 11.6. The molecule has 0 saturated carbocycles. The quantitative estimate of drug-likeness (QED) is 0.873. The first-order valence-corrected chi connectivity index (χ1v) is 7.77. The van der Waals surface area contributed by atoms with Gasteiger partial charge in [-0.15, -0.1) is 0 Å². The molecule has 2 aliphatic rings. The minimum absolute atomic E-state index is 0.178. The fourth-order valence-corrected chi connectivity index (χ4v) is 3.99. The van der Waals surface area contributed by atoms with Crippen LogP contribution in [0.25, 0.3) is 0 Å². The molecule has 0 bridgehead atoms. The maximum absolute atomic E-state index is 9.63. The molecule has 1 aromatic heterocycles. The molecule has 1 saturated heterocycles. The zero-order valence-corrected chi connectivity index (χ0v) is 11.0. The lowest BCUT2D eigenvalue weighted by atomic mass is 10.00. The van der Waals surface area contributed by atoms with Crippen LogP contribution in [0.4, 0.5) is 0 Å². The molecule has 17 heavy (non-hydrogen) atoms. The largest absolute Gasteiger partial charge is 0.393 e. The molecule has 1 N–H and O–H groups in total. The van der Waals surface area contributed by atoms with Gasteiger partial charge in [0.15, 0.2) is 0 Å². The second kappa shape index (κ2) is 5.02. The van der Waals surface area contributed by atoms with Crippen molar-refractivity contribution in [1.82, 2.24) is 9.55 Å². The van der Waals surface area contributed by atoms with E-state index in [1.54, 1.807) is 0 Å². The number of hydrogen-bond donors (Lipinski definition) is 1. The monoisotopic (exact) mass is 252 g/mol. The summed E-state index contributed by atoms with van der Waals surface area (Å²) in [6.45, 7) is 0.933. The Labute approximate surface area is 107 Å². The number of thioether (sulfide) groups is 1. The van der Waals surface area contributed by atoms with Crippen molar-refractivity contribution in [2.24, 2.45) is 5.92 Å². The summed E-state index contributed by atoms with van der Waals surface area (Å²) in [5.41, 5.74) is 1.24. The molecule has 3 rings (SSSR count). The van der Waals surface area contributed by atoms with Crippen LogP contribution in [-0.2, 0) is 19.4 Å². The maximum atomic E-state index is 9.63. The Bertz CT molecular complexity index is 385. The summed E-state index contributed by atoms with van der Waals surface area (Å²) in [6, 6.07) is 0. The molecule has 0 aliphatic carbocycles. The van der Waals surface area contributed by atoms with Crippen LogP contribution in [0.1, 0.15) is 30.8 Å². The van der Waals surface area contributed by atoms with E-state index in [1.807, 2.05) is 0 Å². The molecule has 0 amide bonds. The zero-order chi connectivity index (χ0) is 11.7. The summed E-state index contributed by atoms with van der Waals surface area (Å²) in [7, 11) is 0. The third-order valence-electron chi connectivity index (χ3n) is 3.78. The Balaban J connectivity index is 1.67. The summed E-state index contributed by atoms with van der Waals surface area (Å²) in [6.07, 6.45) is 7.49. The molecule has 1 fully saturated rings. The average molecular weight is 252 g/mol. The molecular weight excluding hydrogens is 232 g/mol. The number of aliphatic hydroxyl groups excluding tert-OH is 1. The zero-order valence-electron chi connectivity index (χ0n) is 10.1. The van der Waals surface area contributed by atoms with Crippen molar-refractivity contribution in [3.05, 3.63) is 17.7 Å². The van der Waals surface area contributed by atoms with E-state index in [9.17, 15) is 5.11 Å². The lowest BCUT2D eigenvalue weighted by molar-refractivity contribution is 0.141. The molecule has 0 spiro atoms. The highest BCUT2D eigenvalue weighted by atomic mass is 32.2. The van der Waals surface area contributed by atoms with E-state index in [-0.39, 0.29) is 6.10 Å². The van der Waals surface area contributed by atoms with Gasteiger partial charge in [0.1, 0.15) is 5.82 Å². The first-order valence-electron chi connectivity index (χ1n) is 6.62. The van der Waals surface area contributed by atoms with Crippen molar-refractivity contribution in [3.63, 3.8) is 0 Å². The molecule has 2 aliphatic heterocycles. The topological polar surface area (TPSA) is 38.0 Å². The van der Waals surface area contributed by atoms with Crippen LogP contribution in [0.3, 0.4) is 0 Å². The van der Waals surface area contributed by atoms with Gasteiger partial charge in [-0.3, -0.25) is 0 Å². The van der Waals surface area contributed by atoms with Crippen molar-refractivity contribution in [2.45, 2.75) is 44.8 Å². The SMILES string of the molecule is OC1CCn2cc(CC3CCCSC3)nc2C1. The molecule has 2 atom stereocenters. The van der Waals surface area contributed by atoms with Gasteiger partial charge in [0.25, 0.3) is 0 Å². The van der Waals surface area contributed by atoms with Crippen LogP contribution in [0.15, 0.2) is 6.20 Å². The minimum Gasteiger partial charge on any atom is -0.393 e. The van der Waals surface area contributed by atoms with Gasteiger partial charge in [-0.25, -0.2) is 4.98 Å². The van der Waals surface area contributed by atoms with Crippen molar-refractivity contribution >= 4 is 11.8 Å². The third-order valence-corrected chi connectivity index (χ3v) is 5.07. The molecule has 0 radical (unpaired) electrons. The van der Waals surface area contributed by atoms with Crippen molar-refractivity contribution < 1.29 is 5.11 Å². The molecule has 1 aromatic rings. The van der Waals surface area contributed by atoms with Gasteiger partial charge in [0, 0.05) is 19.2 Å². The highest BCUT2D eigenvalue weighted by molar-refractivity contribution is 7.99. The Morgan fingerprint density at radius 1 is 1.47 bits per heavy atom. The third kappa shape index (κ3) is 2.68. The summed E-state index contributed by atoms with van der Waals surface area (Å²) in [5, 5.41) is 9.63. The number of nitrogens with zero attached hydrogens (tertiary/aromatic N) is 2. The smallest absolute Gasteiger partial charge is 0.111 e. The molecule has 3 heterocycles. The number of rotatable bonds is 2. The molecular formula is C13H20N2OS. The fourth-order valence-electron chi connectivity index (χ4n) is 2.83.